The molecule has 0 saturated carbocycles. The Hall–Kier alpha value is -3.95. The average Bonchev–Trinajstić information content (AvgIpc) is 2.78. The SMILES string of the molecule is N#C/C(NN)=C(/N)c1cc(OCc2ccccc2)cc(OCc2ccccc2)c1. The molecule has 5 N–H and O–H groups in total. The van der Waals surface area contributed by atoms with E-state index in [2.05, 4.69) is 5.43 Å². The van der Waals surface area contributed by atoms with Gasteiger partial charge in [-0.1, -0.05) is 60.7 Å². The fourth-order valence-corrected chi connectivity index (χ4v) is 2.69. The zero-order valence-corrected chi connectivity index (χ0v) is 15.8. The van der Waals surface area contributed by atoms with Gasteiger partial charge in [-0.3, -0.25) is 0 Å². The molecule has 0 spiro atoms. The van der Waals surface area contributed by atoms with Crippen LogP contribution >= 0.6 is 0 Å². The molecule has 3 aromatic rings. The van der Waals surface area contributed by atoms with Crippen molar-refractivity contribution in [2.24, 2.45) is 11.6 Å². The van der Waals surface area contributed by atoms with Gasteiger partial charge in [-0.25, -0.2) is 5.84 Å². The molecule has 29 heavy (non-hydrogen) atoms. The van der Waals surface area contributed by atoms with Crippen LogP contribution in [0.5, 0.6) is 11.5 Å². The molecule has 146 valence electrons. The average molecular weight is 386 g/mol. The van der Waals surface area contributed by atoms with Crippen LogP contribution in [0.4, 0.5) is 0 Å². The van der Waals surface area contributed by atoms with Gasteiger partial charge < -0.3 is 20.6 Å². The molecule has 0 aliphatic carbocycles. The number of hydrogen-bond acceptors (Lipinski definition) is 6. The lowest BCUT2D eigenvalue weighted by atomic mass is 10.1. The van der Waals surface area contributed by atoms with Crippen LogP contribution in [0.25, 0.3) is 5.70 Å². The van der Waals surface area contributed by atoms with Crippen molar-refractivity contribution in [1.82, 2.24) is 5.43 Å². The summed E-state index contributed by atoms with van der Waals surface area (Å²) in [6.45, 7) is 0.790. The predicted octanol–water partition coefficient (Wildman–Crippen LogP) is 3.46. The standard InChI is InChI=1S/C23H22N4O2/c24-14-22(27-26)23(25)19-11-20(28-15-17-7-3-1-4-8-17)13-21(12-19)29-16-18-9-5-2-6-10-18/h1-13,27H,15-16,25-26H2/b23-22-. The zero-order valence-electron chi connectivity index (χ0n) is 15.8. The van der Waals surface area contributed by atoms with Crippen molar-refractivity contribution in [2.45, 2.75) is 13.2 Å². The molecule has 0 radical (unpaired) electrons. The number of hydrogen-bond donors (Lipinski definition) is 3. The molecule has 0 aromatic heterocycles. The first-order chi connectivity index (χ1) is 14.2. The highest BCUT2D eigenvalue weighted by atomic mass is 16.5. The summed E-state index contributed by atoms with van der Waals surface area (Å²) < 4.78 is 11.9. The number of nitrogens with zero attached hydrogens (tertiary/aromatic N) is 1. The van der Waals surface area contributed by atoms with Gasteiger partial charge in [0.25, 0.3) is 0 Å². The fourth-order valence-electron chi connectivity index (χ4n) is 2.69. The van der Waals surface area contributed by atoms with Gasteiger partial charge in [-0.05, 0) is 23.3 Å². The summed E-state index contributed by atoms with van der Waals surface area (Å²) in [5.74, 6) is 6.55. The molecule has 0 saturated heterocycles. The van der Waals surface area contributed by atoms with Gasteiger partial charge >= 0.3 is 0 Å². The first kappa shape index (κ1) is 19.8. The maximum Gasteiger partial charge on any atom is 0.151 e. The second-order valence-corrected chi connectivity index (χ2v) is 6.29. The second-order valence-electron chi connectivity index (χ2n) is 6.29. The van der Waals surface area contributed by atoms with Gasteiger partial charge in [0.05, 0.1) is 5.70 Å². The van der Waals surface area contributed by atoms with Crippen molar-refractivity contribution in [3.63, 3.8) is 0 Å². The van der Waals surface area contributed by atoms with Crippen LogP contribution < -0.4 is 26.5 Å². The van der Waals surface area contributed by atoms with E-state index in [4.69, 9.17) is 21.1 Å². The van der Waals surface area contributed by atoms with Crippen LogP contribution in [0, 0.1) is 11.3 Å². The highest BCUT2D eigenvalue weighted by molar-refractivity contribution is 5.70. The summed E-state index contributed by atoms with van der Waals surface area (Å²) in [4.78, 5) is 0. The molecule has 0 unspecified atom stereocenters. The van der Waals surface area contributed by atoms with E-state index >= 15 is 0 Å². The molecule has 3 aromatic carbocycles. The first-order valence-electron chi connectivity index (χ1n) is 9.05. The summed E-state index contributed by atoms with van der Waals surface area (Å²) in [5, 5.41) is 9.21. The minimum absolute atomic E-state index is 0.0687. The van der Waals surface area contributed by atoms with Crippen molar-refractivity contribution < 1.29 is 9.47 Å². The van der Waals surface area contributed by atoms with Crippen molar-refractivity contribution in [3.8, 4) is 17.6 Å². The Balaban J connectivity index is 1.86. The molecule has 0 fully saturated rings. The number of nitrogens with two attached hydrogens (primary N) is 2. The van der Waals surface area contributed by atoms with E-state index in [1.165, 1.54) is 0 Å². The number of hydrazine groups is 1. The van der Waals surface area contributed by atoms with Crippen LogP contribution in [0.2, 0.25) is 0 Å². The van der Waals surface area contributed by atoms with Crippen LogP contribution in [0.1, 0.15) is 16.7 Å². The Morgan fingerprint density at radius 1 is 0.828 bits per heavy atom. The van der Waals surface area contributed by atoms with E-state index < -0.39 is 0 Å². The number of allylic oxidation sites excluding steroid dienone is 1. The normalized spacial score (nSPS) is 11.2. The number of nitriles is 1. The highest BCUT2D eigenvalue weighted by Gasteiger charge is 2.10. The Labute approximate surface area is 170 Å². The van der Waals surface area contributed by atoms with E-state index in [0.717, 1.165) is 11.1 Å². The molecular formula is C23H22N4O2. The Morgan fingerprint density at radius 2 is 1.31 bits per heavy atom. The van der Waals surface area contributed by atoms with Crippen molar-refractivity contribution >= 4 is 5.70 Å². The molecule has 0 heterocycles. The third-order valence-corrected chi connectivity index (χ3v) is 4.21. The van der Waals surface area contributed by atoms with Gasteiger partial charge in [0.15, 0.2) is 5.70 Å². The van der Waals surface area contributed by atoms with E-state index in [9.17, 15) is 5.26 Å². The fraction of sp³-hybridized carbons (Fsp3) is 0.0870. The summed E-state index contributed by atoms with van der Waals surface area (Å²) in [5.41, 5.74) is 11.4. The predicted molar refractivity (Wildman–Crippen MR) is 112 cm³/mol. The van der Waals surface area contributed by atoms with Crippen LogP contribution in [0.15, 0.2) is 84.6 Å². The molecular weight excluding hydrogens is 364 g/mol. The highest BCUT2D eigenvalue weighted by Crippen LogP contribution is 2.28. The van der Waals surface area contributed by atoms with Crippen LogP contribution in [0.3, 0.4) is 0 Å². The summed E-state index contributed by atoms with van der Waals surface area (Å²) >= 11 is 0. The van der Waals surface area contributed by atoms with Crippen molar-refractivity contribution in [3.05, 3.63) is 101 Å². The second kappa shape index (κ2) is 9.83. The molecule has 6 nitrogen and oxygen atoms in total. The monoisotopic (exact) mass is 386 g/mol. The van der Waals surface area contributed by atoms with Gasteiger partial charge in [0.2, 0.25) is 0 Å². The lowest BCUT2D eigenvalue weighted by Gasteiger charge is -2.14. The van der Waals surface area contributed by atoms with E-state index in [0.29, 0.717) is 30.3 Å². The minimum Gasteiger partial charge on any atom is -0.489 e. The number of rotatable bonds is 8. The van der Waals surface area contributed by atoms with E-state index in [1.807, 2.05) is 66.7 Å². The lowest BCUT2D eigenvalue weighted by molar-refractivity contribution is 0.290. The largest absolute Gasteiger partial charge is 0.489 e. The summed E-state index contributed by atoms with van der Waals surface area (Å²) in [7, 11) is 0. The molecule has 0 aliphatic heterocycles. The zero-order chi connectivity index (χ0) is 20.5. The van der Waals surface area contributed by atoms with E-state index in [-0.39, 0.29) is 11.4 Å². The minimum atomic E-state index is 0.0687. The summed E-state index contributed by atoms with van der Waals surface area (Å²) in [6.07, 6.45) is 0. The third-order valence-electron chi connectivity index (χ3n) is 4.21. The topological polar surface area (TPSA) is 106 Å². The molecule has 0 bridgehead atoms. The maximum absolute atomic E-state index is 9.21. The first-order valence-corrected chi connectivity index (χ1v) is 9.05. The number of ether oxygens (including phenoxy) is 2. The van der Waals surface area contributed by atoms with E-state index in [1.54, 1.807) is 18.2 Å². The van der Waals surface area contributed by atoms with Crippen LogP contribution in [-0.4, -0.2) is 0 Å². The molecule has 0 atom stereocenters. The van der Waals surface area contributed by atoms with Gasteiger partial charge in [-0.15, -0.1) is 0 Å². The molecule has 3 rings (SSSR count). The summed E-state index contributed by atoms with van der Waals surface area (Å²) in [6, 6.07) is 26.9. The Bertz CT molecular complexity index is 950. The lowest BCUT2D eigenvalue weighted by Crippen LogP contribution is -2.23. The number of nitrogens with one attached hydrogen (secondary N) is 1. The van der Waals surface area contributed by atoms with Gasteiger partial charge in [0.1, 0.15) is 30.8 Å². The number of benzene rings is 3. The van der Waals surface area contributed by atoms with Crippen LogP contribution in [-0.2, 0) is 13.2 Å². The third kappa shape index (κ3) is 5.51. The van der Waals surface area contributed by atoms with Gasteiger partial charge in [0, 0.05) is 11.6 Å². The van der Waals surface area contributed by atoms with Crippen molar-refractivity contribution in [2.75, 3.05) is 0 Å². The maximum atomic E-state index is 9.21. The molecule has 0 amide bonds. The smallest absolute Gasteiger partial charge is 0.151 e. The van der Waals surface area contributed by atoms with Gasteiger partial charge in [-0.2, -0.15) is 5.26 Å². The Kier molecular flexibility index (Phi) is 6.71. The molecule has 6 heteroatoms. The van der Waals surface area contributed by atoms with Crippen molar-refractivity contribution in [1.29, 1.82) is 5.26 Å². The Morgan fingerprint density at radius 3 is 1.72 bits per heavy atom. The quantitative estimate of drug-likeness (QED) is 0.311. The molecule has 0 aliphatic rings.